The molecule has 0 radical (unpaired) electrons. The summed E-state index contributed by atoms with van der Waals surface area (Å²) in [4.78, 5) is 26.8. The largest absolute Gasteiger partial charge is 0.379 e. The third-order valence-corrected chi connectivity index (χ3v) is 4.66. The molecule has 0 spiro atoms. The lowest BCUT2D eigenvalue weighted by Gasteiger charge is -2.41. The summed E-state index contributed by atoms with van der Waals surface area (Å²) in [6, 6.07) is 5.93. The maximum atomic E-state index is 12.3. The van der Waals surface area contributed by atoms with E-state index in [0.717, 1.165) is 13.1 Å². The van der Waals surface area contributed by atoms with E-state index in [1.807, 2.05) is 0 Å². The Bertz CT molecular complexity index is 598. The van der Waals surface area contributed by atoms with Crippen molar-refractivity contribution in [1.82, 2.24) is 15.5 Å². The Morgan fingerprint density at radius 3 is 2.44 bits per heavy atom. The quantitative estimate of drug-likeness (QED) is 0.802. The molecule has 2 amide bonds. The Balaban J connectivity index is 1.83. The first-order chi connectivity index (χ1) is 11.8. The van der Waals surface area contributed by atoms with E-state index in [1.165, 1.54) is 0 Å². The van der Waals surface area contributed by atoms with Crippen molar-refractivity contribution in [3.8, 4) is 0 Å². The lowest BCUT2D eigenvalue weighted by atomic mass is 10.0. The van der Waals surface area contributed by atoms with E-state index >= 15 is 0 Å². The summed E-state index contributed by atoms with van der Waals surface area (Å²) in [7, 11) is 0. The first kappa shape index (κ1) is 19.7. The molecule has 6 nitrogen and oxygen atoms in total. The SMILES string of the molecule is CC(NC(=O)c1ccc(Cl)cc1)C(=O)NCC(C)(C)N1CCOCC1. The molecule has 1 aliphatic rings. The van der Waals surface area contributed by atoms with Gasteiger partial charge in [-0.25, -0.2) is 0 Å². The number of morpholine rings is 1. The fraction of sp³-hybridized carbons (Fsp3) is 0.556. The Hall–Kier alpha value is -1.63. The van der Waals surface area contributed by atoms with Gasteiger partial charge in [0.05, 0.1) is 13.2 Å². The number of ether oxygens (including phenoxy) is 1. The van der Waals surface area contributed by atoms with Crippen LogP contribution in [0.1, 0.15) is 31.1 Å². The van der Waals surface area contributed by atoms with Crippen molar-refractivity contribution < 1.29 is 14.3 Å². The van der Waals surface area contributed by atoms with Gasteiger partial charge in [-0.3, -0.25) is 14.5 Å². The van der Waals surface area contributed by atoms with Crippen LogP contribution in [-0.4, -0.2) is 61.1 Å². The van der Waals surface area contributed by atoms with Crippen LogP contribution in [0.2, 0.25) is 5.02 Å². The van der Waals surface area contributed by atoms with E-state index in [1.54, 1.807) is 31.2 Å². The molecule has 138 valence electrons. The summed E-state index contributed by atoms with van der Waals surface area (Å²) in [6.45, 7) is 9.50. The molecule has 7 heteroatoms. The molecule has 1 fully saturated rings. The average Bonchev–Trinajstić information content (AvgIpc) is 2.61. The van der Waals surface area contributed by atoms with E-state index in [9.17, 15) is 9.59 Å². The summed E-state index contributed by atoms with van der Waals surface area (Å²) in [6.07, 6.45) is 0. The molecule has 1 aromatic carbocycles. The van der Waals surface area contributed by atoms with Gasteiger partial charge < -0.3 is 15.4 Å². The number of amides is 2. The molecule has 2 N–H and O–H groups in total. The van der Waals surface area contributed by atoms with Gasteiger partial charge in [-0.2, -0.15) is 0 Å². The standard InChI is InChI=1S/C18H26ClN3O3/c1-13(21-17(24)14-4-6-15(19)7-5-14)16(23)20-12-18(2,3)22-8-10-25-11-9-22/h4-7,13H,8-12H2,1-3H3,(H,20,23)(H,21,24). The van der Waals surface area contributed by atoms with Crippen LogP contribution in [0.25, 0.3) is 0 Å². The molecule has 1 heterocycles. The highest BCUT2D eigenvalue weighted by Crippen LogP contribution is 2.15. The topological polar surface area (TPSA) is 70.7 Å². The Morgan fingerprint density at radius 2 is 1.84 bits per heavy atom. The number of hydrogen-bond acceptors (Lipinski definition) is 4. The maximum Gasteiger partial charge on any atom is 0.251 e. The molecule has 1 unspecified atom stereocenters. The van der Waals surface area contributed by atoms with Crippen LogP contribution in [0.4, 0.5) is 0 Å². The average molecular weight is 368 g/mol. The highest BCUT2D eigenvalue weighted by atomic mass is 35.5. The van der Waals surface area contributed by atoms with Crippen LogP contribution >= 0.6 is 11.6 Å². The second kappa shape index (κ2) is 8.65. The van der Waals surface area contributed by atoms with Crippen molar-refractivity contribution >= 4 is 23.4 Å². The molecule has 1 atom stereocenters. The van der Waals surface area contributed by atoms with Gasteiger partial charge >= 0.3 is 0 Å². The summed E-state index contributed by atoms with van der Waals surface area (Å²) in [5, 5.41) is 6.19. The summed E-state index contributed by atoms with van der Waals surface area (Å²) in [5.41, 5.74) is 0.303. The van der Waals surface area contributed by atoms with E-state index in [-0.39, 0.29) is 17.4 Å². The molecule has 0 aliphatic carbocycles. The van der Waals surface area contributed by atoms with Crippen LogP contribution in [-0.2, 0) is 9.53 Å². The fourth-order valence-corrected chi connectivity index (χ4v) is 2.81. The second-order valence-corrected chi connectivity index (χ2v) is 7.27. The normalized spacial score (nSPS) is 17.0. The fourth-order valence-electron chi connectivity index (χ4n) is 2.68. The minimum atomic E-state index is -0.622. The third kappa shape index (κ3) is 5.70. The van der Waals surface area contributed by atoms with Crippen molar-refractivity contribution in [2.75, 3.05) is 32.8 Å². The van der Waals surface area contributed by atoms with Crippen molar-refractivity contribution in [3.05, 3.63) is 34.9 Å². The minimum Gasteiger partial charge on any atom is -0.379 e. The van der Waals surface area contributed by atoms with Crippen molar-refractivity contribution in [1.29, 1.82) is 0 Å². The Kier molecular flexibility index (Phi) is 6.81. The van der Waals surface area contributed by atoms with Gasteiger partial charge in [-0.1, -0.05) is 11.6 Å². The molecule has 1 aliphatic heterocycles. The van der Waals surface area contributed by atoms with Crippen LogP contribution in [0, 0.1) is 0 Å². The van der Waals surface area contributed by atoms with Crippen LogP contribution < -0.4 is 10.6 Å². The van der Waals surface area contributed by atoms with Gasteiger partial charge in [-0.05, 0) is 45.0 Å². The van der Waals surface area contributed by atoms with E-state index < -0.39 is 6.04 Å². The summed E-state index contributed by atoms with van der Waals surface area (Å²) < 4.78 is 5.37. The zero-order chi connectivity index (χ0) is 18.4. The van der Waals surface area contributed by atoms with E-state index in [4.69, 9.17) is 16.3 Å². The Labute approximate surface area is 153 Å². The van der Waals surface area contributed by atoms with Crippen LogP contribution in [0.5, 0.6) is 0 Å². The number of halogens is 1. The van der Waals surface area contributed by atoms with Crippen molar-refractivity contribution in [2.24, 2.45) is 0 Å². The van der Waals surface area contributed by atoms with E-state index in [0.29, 0.717) is 30.3 Å². The smallest absolute Gasteiger partial charge is 0.251 e. The minimum absolute atomic E-state index is 0.167. The predicted molar refractivity (Wildman–Crippen MR) is 97.9 cm³/mol. The lowest BCUT2D eigenvalue weighted by Crippen LogP contribution is -2.57. The Morgan fingerprint density at radius 1 is 1.24 bits per heavy atom. The maximum absolute atomic E-state index is 12.3. The zero-order valence-electron chi connectivity index (χ0n) is 15.0. The number of rotatable bonds is 6. The highest BCUT2D eigenvalue weighted by molar-refractivity contribution is 6.30. The number of carbonyl (C=O) groups excluding carboxylic acids is 2. The number of hydrogen-bond donors (Lipinski definition) is 2. The van der Waals surface area contributed by atoms with Gasteiger partial charge in [-0.15, -0.1) is 0 Å². The molecule has 0 aromatic heterocycles. The monoisotopic (exact) mass is 367 g/mol. The van der Waals surface area contributed by atoms with Gasteiger partial charge in [0.2, 0.25) is 5.91 Å². The molecule has 1 saturated heterocycles. The molecular formula is C18H26ClN3O3. The molecular weight excluding hydrogens is 342 g/mol. The van der Waals surface area contributed by atoms with Crippen molar-refractivity contribution in [3.63, 3.8) is 0 Å². The third-order valence-electron chi connectivity index (χ3n) is 4.41. The number of nitrogens with one attached hydrogen (secondary N) is 2. The lowest BCUT2D eigenvalue weighted by molar-refractivity contribution is -0.123. The van der Waals surface area contributed by atoms with Gasteiger partial charge in [0.1, 0.15) is 6.04 Å². The number of nitrogens with zero attached hydrogens (tertiary/aromatic N) is 1. The molecule has 1 aromatic rings. The molecule has 2 rings (SSSR count). The number of benzene rings is 1. The van der Waals surface area contributed by atoms with Crippen molar-refractivity contribution in [2.45, 2.75) is 32.4 Å². The molecule has 0 bridgehead atoms. The first-order valence-corrected chi connectivity index (χ1v) is 8.84. The molecule has 25 heavy (non-hydrogen) atoms. The zero-order valence-corrected chi connectivity index (χ0v) is 15.7. The van der Waals surface area contributed by atoms with E-state index in [2.05, 4.69) is 29.4 Å². The van der Waals surface area contributed by atoms with Crippen LogP contribution in [0.3, 0.4) is 0 Å². The summed E-state index contributed by atoms with van der Waals surface area (Å²) in [5.74, 6) is -0.504. The first-order valence-electron chi connectivity index (χ1n) is 8.46. The second-order valence-electron chi connectivity index (χ2n) is 6.83. The van der Waals surface area contributed by atoms with Gasteiger partial charge in [0.15, 0.2) is 0 Å². The summed E-state index contributed by atoms with van der Waals surface area (Å²) >= 11 is 5.81. The van der Waals surface area contributed by atoms with Crippen LogP contribution in [0.15, 0.2) is 24.3 Å². The van der Waals surface area contributed by atoms with Gasteiger partial charge in [0, 0.05) is 35.8 Å². The highest BCUT2D eigenvalue weighted by Gasteiger charge is 2.29. The van der Waals surface area contributed by atoms with Gasteiger partial charge in [0.25, 0.3) is 5.91 Å². The molecule has 0 saturated carbocycles. The number of carbonyl (C=O) groups is 2. The predicted octanol–water partition coefficient (Wildman–Crippen LogP) is 1.69.